The third kappa shape index (κ3) is 4.76. The number of hydrogen-bond donors (Lipinski definition) is 1. The topological polar surface area (TPSA) is 18.5 Å². The van der Waals surface area contributed by atoms with E-state index in [0.717, 1.165) is 51.8 Å². The first-order valence-electron chi connectivity index (χ1n) is 7.96. The maximum absolute atomic E-state index is 12.8. The SMILES string of the molecule is Cl.FC(F)(F)c1ccc(Cl)c(CN2CCC(N3CCNCC3)C2)c1. The van der Waals surface area contributed by atoms with E-state index in [1.165, 1.54) is 12.1 Å². The molecular weight excluding hydrogens is 362 g/mol. The van der Waals surface area contributed by atoms with E-state index < -0.39 is 11.7 Å². The van der Waals surface area contributed by atoms with Gasteiger partial charge in [-0.25, -0.2) is 0 Å². The lowest BCUT2D eigenvalue weighted by Gasteiger charge is -2.32. The van der Waals surface area contributed by atoms with E-state index in [1.54, 1.807) is 0 Å². The second kappa shape index (κ2) is 8.23. The average Bonchev–Trinajstić information content (AvgIpc) is 2.98. The number of benzene rings is 1. The lowest BCUT2D eigenvalue weighted by atomic mass is 10.1. The molecule has 136 valence electrons. The molecule has 0 aliphatic carbocycles. The molecule has 2 aliphatic rings. The molecule has 8 heteroatoms. The first kappa shape index (κ1) is 19.8. The van der Waals surface area contributed by atoms with E-state index >= 15 is 0 Å². The summed E-state index contributed by atoms with van der Waals surface area (Å²) in [7, 11) is 0. The second-order valence-electron chi connectivity index (χ2n) is 6.27. The Kier molecular flexibility index (Phi) is 6.79. The Morgan fingerprint density at radius 3 is 2.54 bits per heavy atom. The minimum Gasteiger partial charge on any atom is -0.314 e. The molecule has 0 amide bonds. The number of halogens is 5. The zero-order valence-corrected chi connectivity index (χ0v) is 14.9. The van der Waals surface area contributed by atoms with Crippen molar-refractivity contribution in [2.75, 3.05) is 39.3 Å². The zero-order valence-electron chi connectivity index (χ0n) is 13.3. The van der Waals surface area contributed by atoms with Gasteiger partial charge in [0.2, 0.25) is 0 Å². The molecule has 2 heterocycles. The van der Waals surface area contributed by atoms with Crippen LogP contribution in [-0.2, 0) is 12.7 Å². The van der Waals surface area contributed by atoms with E-state index in [9.17, 15) is 13.2 Å². The molecule has 0 radical (unpaired) electrons. The van der Waals surface area contributed by atoms with Crippen molar-refractivity contribution in [2.24, 2.45) is 0 Å². The summed E-state index contributed by atoms with van der Waals surface area (Å²) in [6, 6.07) is 4.07. The van der Waals surface area contributed by atoms with Gasteiger partial charge in [-0.1, -0.05) is 11.6 Å². The van der Waals surface area contributed by atoms with Crippen molar-refractivity contribution >= 4 is 24.0 Å². The van der Waals surface area contributed by atoms with Crippen LogP contribution >= 0.6 is 24.0 Å². The van der Waals surface area contributed by atoms with Crippen LogP contribution in [0.1, 0.15) is 17.5 Å². The molecule has 3 rings (SSSR count). The summed E-state index contributed by atoms with van der Waals surface area (Å²) in [6.45, 7) is 6.39. The normalized spacial score (nSPS) is 23.2. The Morgan fingerprint density at radius 1 is 1.17 bits per heavy atom. The second-order valence-corrected chi connectivity index (χ2v) is 6.67. The largest absolute Gasteiger partial charge is 0.416 e. The smallest absolute Gasteiger partial charge is 0.314 e. The minimum absolute atomic E-state index is 0. The first-order valence-corrected chi connectivity index (χ1v) is 8.34. The molecule has 1 N–H and O–H groups in total. The van der Waals surface area contributed by atoms with Crippen molar-refractivity contribution in [1.29, 1.82) is 0 Å². The van der Waals surface area contributed by atoms with Crippen molar-refractivity contribution in [3.63, 3.8) is 0 Å². The third-order valence-electron chi connectivity index (χ3n) is 4.68. The predicted octanol–water partition coefficient (Wildman–Crippen LogP) is 3.26. The molecule has 0 saturated carbocycles. The fourth-order valence-corrected chi connectivity index (χ4v) is 3.59. The van der Waals surface area contributed by atoms with E-state index in [-0.39, 0.29) is 12.4 Å². The van der Waals surface area contributed by atoms with Crippen molar-refractivity contribution in [3.8, 4) is 0 Å². The molecule has 2 fully saturated rings. The van der Waals surface area contributed by atoms with Crippen molar-refractivity contribution in [2.45, 2.75) is 25.2 Å². The van der Waals surface area contributed by atoms with Gasteiger partial charge < -0.3 is 5.32 Å². The molecule has 24 heavy (non-hydrogen) atoms. The molecule has 1 aromatic carbocycles. The van der Waals surface area contributed by atoms with Gasteiger partial charge in [0.15, 0.2) is 0 Å². The average molecular weight is 384 g/mol. The van der Waals surface area contributed by atoms with Gasteiger partial charge in [0.1, 0.15) is 0 Å². The first-order chi connectivity index (χ1) is 10.9. The van der Waals surface area contributed by atoms with Gasteiger partial charge in [-0.2, -0.15) is 13.2 Å². The Hall–Kier alpha value is -0.530. The van der Waals surface area contributed by atoms with E-state index in [2.05, 4.69) is 15.1 Å². The summed E-state index contributed by atoms with van der Waals surface area (Å²) in [4.78, 5) is 4.68. The van der Waals surface area contributed by atoms with E-state index in [0.29, 0.717) is 23.2 Å². The van der Waals surface area contributed by atoms with Gasteiger partial charge in [-0.3, -0.25) is 9.80 Å². The predicted molar refractivity (Wildman–Crippen MR) is 91.8 cm³/mol. The highest BCUT2D eigenvalue weighted by Crippen LogP contribution is 2.32. The third-order valence-corrected chi connectivity index (χ3v) is 5.05. The number of nitrogens with one attached hydrogen (secondary N) is 1. The zero-order chi connectivity index (χ0) is 16.4. The van der Waals surface area contributed by atoms with Gasteiger partial charge >= 0.3 is 6.18 Å². The standard InChI is InChI=1S/C16H21ClF3N3.ClH/c17-15-2-1-13(16(18,19)20)9-12(15)10-22-6-3-14(11-22)23-7-4-21-5-8-23;/h1-2,9,14,21H,3-8,10-11H2;1H. The van der Waals surface area contributed by atoms with Crippen LogP contribution in [0.4, 0.5) is 13.2 Å². The number of rotatable bonds is 3. The van der Waals surface area contributed by atoms with Crippen LogP contribution in [0.25, 0.3) is 0 Å². The fraction of sp³-hybridized carbons (Fsp3) is 0.625. The molecule has 1 atom stereocenters. The van der Waals surface area contributed by atoms with Crippen LogP contribution in [0, 0.1) is 0 Å². The van der Waals surface area contributed by atoms with Crippen LogP contribution in [0.3, 0.4) is 0 Å². The van der Waals surface area contributed by atoms with Gasteiger partial charge in [-0.05, 0) is 30.2 Å². The summed E-state index contributed by atoms with van der Waals surface area (Å²) >= 11 is 6.10. The summed E-state index contributed by atoms with van der Waals surface area (Å²) in [6.07, 6.45) is -3.26. The quantitative estimate of drug-likeness (QED) is 0.863. The van der Waals surface area contributed by atoms with Crippen LogP contribution in [-0.4, -0.2) is 55.1 Å². The van der Waals surface area contributed by atoms with Crippen molar-refractivity contribution in [3.05, 3.63) is 34.3 Å². The van der Waals surface area contributed by atoms with Gasteiger partial charge in [0, 0.05) is 56.9 Å². The van der Waals surface area contributed by atoms with Crippen molar-refractivity contribution in [1.82, 2.24) is 15.1 Å². The Morgan fingerprint density at radius 2 is 1.88 bits per heavy atom. The molecule has 2 saturated heterocycles. The van der Waals surface area contributed by atoms with Crippen LogP contribution < -0.4 is 5.32 Å². The minimum atomic E-state index is -4.33. The summed E-state index contributed by atoms with van der Waals surface area (Å²) in [5.41, 5.74) is -0.0720. The highest BCUT2D eigenvalue weighted by Gasteiger charge is 2.32. The van der Waals surface area contributed by atoms with Crippen LogP contribution in [0.2, 0.25) is 5.02 Å². The van der Waals surface area contributed by atoms with Crippen LogP contribution in [0.15, 0.2) is 18.2 Å². The summed E-state index contributed by atoms with van der Waals surface area (Å²) < 4.78 is 38.5. The Bertz CT molecular complexity index is 548. The number of piperazine rings is 1. The number of nitrogens with zero attached hydrogens (tertiary/aromatic N) is 2. The molecule has 0 bridgehead atoms. The van der Waals surface area contributed by atoms with Crippen molar-refractivity contribution < 1.29 is 13.2 Å². The molecular formula is C16H22Cl2F3N3. The molecule has 1 aromatic rings. The highest BCUT2D eigenvalue weighted by atomic mass is 35.5. The molecule has 0 spiro atoms. The monoisotopic (exact) mass is 383 g/mol. The van der Waals surface area contributed by atoms with Crippen LogP contribution in [0.5, 0.6) is 0 Å². The summed E-state index contributed by atoms with van der Waals surface area (Å²) in [5.74, 6) is 0. The molecule has 1 unspecified atom stereocenters. The van der Waals surface area contributed by atoms with E-state index in [4.69, 9.17) is 11.6 Å². The Labute approximate surface area is 151 Å². The Balaban J connectivity index is 0.00000208. The number of hydrogen-bond acceptors (Lipinski definition) is 3. The maximum Gasteiger partial charge on any atom is 0.416 e. The summed E-state index contributed by atoms with van der Waals surface area (Å²) in [5, 5.41) is 3.74. The number of likely N-dealkylation sites (tertiary alicyclic amines) is 1. The molecule has 2 aliphatic heterocycles. The van der Waals surface area contributed by atoms with Gasteiger partial charge in [0.25, 0.3) is 0 Å². The van der Waals surface area contributed by atoms with Gasteiger partial charge in [-0.15, -0.1) is 12.4 Å². The fourth-order valence-electron chi connectivity index (χ4n) is 3.41. The lowest BCUT2D eigenvalue weighted by Crippen LogP contribution is -2.49. The number of alkyl halides is 3. The lowest BCUT2D eigenvalue weighted by molar-refractivity contribution is -0.137. The molecule has 3 nitrogen and oxygen atoms in total. The van der Waals surface area contributed by atoms with E-state index in [1.807, 2.05) is 0 Å². The molecule has 0 aromatic heterocycles. The highest BCUT2D eigenvalue weighted by molar-refractivity contribution is 6.31. The van der Waals surface area contributed by atoms with Gasteiger partial charge in [0.05, 0.1) is 5.56 Å². The maximum atomic E-state index is 12.8.